The molecule has 1 rings (SSSR count). The van der Waals surface area contributed by atoms with Crippen molar-refractivity contribution in [3.05, 3.63) is 33.9 Å². The number of nitro benzene ring substituents is 1. The molecule has 1 aromatic rings. The molecule has 0 N–H and O–H groups in total. The Labute approximate surface area is 110 Å². The van der Waals surface area contributed by atoms with E-state index >= 15 is 0 Å². The molecule has 0 heterocycles. The van der Waals surface area contributed by atoms with E-state index < -0.39 is 0 Å². The first-order valence-electron chi connectivity index (χ1n) is 5.72. The first kappa shape index (κ1) is 14.0. The molecule has 0 atom stereocenters. The fourth-order valence-corrected chi connectivity index (χ4v) is 2.13. The summed E-state index contributed by atoms with van der Waals surface area (Å²) in [6.07, 6.45) is 0.977. The molecule has 1 aromatic carbocycles. The average molecular weight is 301 g/mol. The van der Waals surface area contributed by atoms with Crippen molar-refractivity contribution in [1.29, 1.82) is 0 Å². The van der Waals surface area contributed by atoms with Gasteiger partial charge in [-0.05, 0) is 25.0 Å². The number of anilines is 1. The highest BCUT2D eigenvalue weighted by Crippen LogP contribution is 2.30. The summed E-state index contributed by atoms with van der Waals surface area (Å²) in [7, 11) is 0. The summed E-state index contributed by atoms with van der Waals surface area (Å²) in [6.45, 7) is 5.70. The molecule has 0 aliphatic carbocycles. The van der Waals surface area contributed by atoms with Crippen molar-refractivity contribution >= 4 is 27.3 Å². The Balaban J connectivity index is 3.16. The van der Waals surface area contributed by atoms with Crippen LogP contribution in [0.25, 0.3) is 0 Å². The van der Waals surface area contributed by atoms with Crippen LogP contribution in [0.2, 0.25) is 0 Å². The lowest BCUT2D eigenvalue weighted by atomic mass is 10.1. The number of benzene rings is 1. The van der Waals surface area contributed by atoms with E-state index in [0.29, 0.717) is 11.0 Å². The Morgan fingerprint density at radius 1 is 1.41 bits per heavy atom. The van der Waals surface area contributed by atoms with Crippen molar-refractivity contribution in [1.82, 2.24) is 0 Å². The molecule has 0 saturated carbocycles. The Morgan fingerprint density at radius 3 is 2.59 bits per heavy atom. The highest BCUT2D eigenvalue weighted by molar-refractivity contribution is 9.08. The van der Waals surface area contributed by atoms with Crippen LogP contribution in [-0.2, 0) is 5.33 Å². The van der Waals surface area contributed by atoms with Crippen LogP contribution >= 0.6 is 15.9 Å². The molecule has 5 heteroatoms. The van der Waals surface area contributed by atoms with Crippen molar-refractivity contribution in [2.75, 3.05) is 18.0 Å². The monoisotopic (exact) mass is 300 g/mol. The number of nitrogens with zero attached hydrogens (tertiary/aromatic N) is 2. The van der Waals surface area contributed by atoms with Gasteiger partial charge in [0.1, 0.15) is 5.69 Å². The second-order valence-electron chi connectivity index (χ2n) is 3.79. The first-order chi connectivity index (χ1) is 8.13. The normalized spacial score (nSPS) is 10.3. The average Bonchev–Trinajstić information content (AvgIpc) is 2.35. The highest BCUT2D eigenvalue weighted by Gasteiger charge is 2.18. The fourth-order valence-electron chi connectivity index (χ4n) is 1.78. The van der Waals surface area contributed by atoms with E-state index in [1.165, 1.54) is 0 Å². The third kappa shape index (κ3) is 3.43. The molecule has 0 bridgehead atoms. The van der Waals surface area contributed by atoms with Gasteiger partial charge in [0.05, 0.1) is 4.92 Å². The SMILES string of the molecule is CCCN(CC)c1ccc(CBr)cc1[N+](=O)[O-]. The lowest BCUT2D eigenvalue weighted by Crippen LogP contribution is -2.24. The minimum absolute atomic E-state index is 0.192. The number of hydrogen-bond donors (Lipinski definition) is 0. The molecular weight excluding hydrogens is 284 g/mol. The van der Waals surface area contributed by atoms with E-state index in [1.54, 1.807) is 6.07 Å². The van der Waals surface area contributed by atoms with Crippen molar-refractivity contribution in [2.24, 2.45) is 0 Å². The summed E-state index contributed by atoms with van der Waals surface area (Å²) in [5, 5.41) is 11.7. The van der Waals surface area contributed by atoms with Gasteiger partial charge in [0.15, 0.2) is 0 Å². The van der Waals surface area contributed by atoms with Crippen molar-refractivity contribution in [3.8, 4) is 0 Å². The first-order valence-corrected chi connectivity index (χ1v) is 6.84. The molecule has 94 valence electrons. The molecule has 0 fully saturated rings. The standard InChI is InChI=1S/C12H17BrN2O2/c1-3-7-14(4-2)11-6-5-10(9-13)8-12(11)15(16)17/h5-6,8H,3-4,7,9H2,1-2H3. The van der Waals surface area contributed by atoms with Gasteiger partial charge in [0.25, 0.3) is 5.69 Å². The van der Waals surface area contributed by atoms with Crippen molar-refractivity contribution < 1.29 is 4.92 Å². The smallest absolute Gasteiger partial charge is 0.292 e. The molecule has 0 radical (unpaired) electrons. The van der Waals surface area contributed by atoms with Crippen LogP contribution in [0.3, 0.4) is 0 Å². The maximum atomic E-state index is 11.1. The Morgan fingerprint density at radius 2 is 2.12 bits per heavy atom. The van der Waals surface area contributed by atoms with Crippen LogP contribution in [0.4, 0.5) is 11.4 Å². The quantitative estimate of drug-likeness (QED) is 0.457. The van der Waals surface area contributed by atoms with Crippen molar-refractivity contribution in [3.63, 3.8) is 0 Å². The number of alkyl halides is 1. The molecule has 0 aromatic heterocycles. The maximum Gasteiger partial charge on any atom is 0.292 e. The van der Waals surface area contributed by atoms with Gasteiger partial charge in [0, 0.05) is 24.5 Å². The number of hydrogen-bond acceptors (Lipinski definition) is 3. The summed E-state index contributed by atoms with van der Waals surface area (Å²) in [4.78, 5) is 12.8. The van der Waals surface area contributed by atoms with Gasteiger partial charge in [-0.25, -0.2) is 0 Å². The van der Waals surface area contributed by atoms with Crippen LogP contribution in [0.1, 0.15) is 25.8 Å². The van der Waals surface area contributed by atoms with Gasteiger partial charge in [0.2, 0.25) is 0 Å². The van der Waals surface area contributed by atoms with Gasteiger partial charge < -0.3 is 4.90 Å². The van der Waals surface area contributed by atoms with Crippen LogP contribution in [0.15, 0.2) is 18.2 Å². The number of rotatable bonds is 6. The van der Waals surface area contributed by atoms with Crippen molar-refractivity contribution in [2.45, 2.75) is 25.6 Å². The van der Waals surface area contributed by atoms with Crippen LogP contribution in [0.5, 0.6) is 0 Å². The van der Waals surface area contributed by atoms with Gasteiger partial charge in [-0.2, -0.15) is 0 Å². The van der Waals surface area contributed by atoms with E-state index in [9.17, 15) is 10.1 Å². The van der Waals surface area contributed by atoms with E-state index in [4.69, 9.17) is 0 Å². The van der Waals surface area contributed by atoms with Crippen LogP contribution in [-0.4, -0.2) is 18.0 Å². The van der Waals surface area contributed by atoms with Gasteiger partial charge in [-0.1, -0.05) is 28.9 Å². The molecule has 0 amide bonds. The fraction of sp³-hybridized carbons (Fsp3) is 0.500. The summed E-state index contributed by atoms with van der Waals surface area (Å²) in [5.41, 5.74) is 1.83. The molecule has 0 aliphatic rings. The van der Waals surface area contributed by atoms with Crippen LogP contribution < -0.4 is 4.90 Å². The summed E-state index contributed by atoms with van der Waals surface area (Å²) < 4.78 is 0. The third-order valence-corrected chi connectivity index (χ3v) is 3.25. The third-order valence-electron chi connectivity index (χ3n) is 2.61. The molecular formula is C12H17BrN2O2. The zero-order valence-electron chi connectivity index (χ0n) is 10.1. The van der Waals surface area contributed by atoms with E-state index in [-0.39, 0.29) is 10.6 Å². The minimum Gasteiger partial charge on any atom is -0.366 e. The van der Waals surface area contributed by atoms with Crippen LogP contribution in [0, 0.1) is 10.1 Å². The topological polar surface area (TPSA) is 46.4 Å². The molecule has 0 spiro atoms. The molecule has 0 saturated heterocycles. The van der Waals surface area contributed by atoms with E-state index in [2.05, 4.69) is 22.9 Å². The lowest BCUT2D eigenvalue weighted by Gasteiger charge is -2.22. The maximum absolute atomic E-state index is 11.1. The zero-order valence-corrected chi connectivity index (χ0v) is 11.7. The molecule has 0 aliphatic heterocycles. The number of halogens is 1. The van der Waals surface area contributed by atoms with E-state index in [0.717, 1.165) is 25.1 Å². The number of nitro groups is 1. The summed E-state index contributed by atoms with van der Waals surface area (Å²) in [6, 6.07) is 5.41. The summed E-state index contributed by atoms with van der Waals surface area (Å²) in [5.74, 6) is 0. The second-order valence-corrected chi connectivity index (χ2v) is 4.35. The Bertz CT molecular complexity index is 396. The molecule has 17 heavy (non-hydrogen) atoms. The predicted octanol–water partition coefficient (Wildman–Crippen LogP) is 3.73. The highest BCUT2D eigenvalue weighted by atomic mass is 79.9. The van der Waals surface area contributed by atoms with E-state index in [1.807, 2.05) is 24.0 Å². The van der Waals surface area contributed by atoms with Gasteiger partial charge in [-0.3, -0.25) is 10.1 Å². The Kier molecular flexibility index (Phi) is 5.41. The second kappa shape index (κ2) is 6.59. The molecule has 4 nitrogen and oxygen atoms in total. The predicted molar refractivity (Wildman–Crippen MR) is 73.9 cm³/mol. The summed E-state index contributed by atoms with van der Waals surface area (Å²) >= 11 is 3.31. The van der Waals surface area contributed by atoms with Gasteiger partial charge in [-0.15, -0.1) is 0 Å². The minimum atomic E-state index is -0.306. The Hall–Kier alpha value is -1.10. The lowest BCUT2D eigenvalue weighted by molar-refractivity contribution is -0.384. The zero-order chi connectivity index (χ0) is 12.8. The van der Waals surface area contributed by atoms with Gasteiger partial charge >= 0.3 is 0 Å². The molecule has 0 unspecified atom stereocenters. The largest absolute Gasteiger partial charge is 0.366 e.